The van der Waals surface area contributed by atoms with Gasteiger partial charge in [0.1, 0.15) is 5.69 Å². The average Bonchev–Trinajstić information content (AvgIpc) is 2.78. The molecule has 2 unspecified atom stereocenters. The SMILES string of the molecule is Cc1cc(C)c(C(=O)NC(C)CC(O)c2ccccc2)[nH]1. The van der Waals surface area contributed by atoms with Gasteiger partial charge in [0.05, 0.1) is 6.10 Å². The van der Waals surface area contributed by atoms with Gasteiger partial charge in [-0.1, -0.05) is 30.3 Å². The summed E-state index contributed by atoms with van der Waals surface area (Å²) < 4.78 is 0. The van der Waals surface area contributed by atoms with Crippen LogP contribution in [0.4, 0.5) is 0 Å². The molecule has 0 radical (unpaired) electrons. The molecule has 0 aliphatic heterocycles. The molecule has 4 nitrogen and oxygen atoms in total. The van der Waals surface area contributed by atoms with Crippen LogP contribution in [0, 0.1) is 13.8 Å². The van der Waals surface area contributed by atoms with E-state index < -0.39 is 6.10 Å². The maximum atomic E-state index is 12.2. The largest absolute Gasteiger partial charge is 0.388 e. The summed E-state index contributed by atoms with van der Waals surface area (Å²) in [6.07, 6.45) is -0.0953. The fraction of sp³-hybridized carbons (Fsp3) is 0.353. The molecule has 0 aliphatic rings. The Morgan fingerprint density at radius 1 is 1.29 bits per heavy atom. The Balaban J connectivity index is 1.94. The van der Waals surface area contributed by atoms with Gasteiger partial charge < -0.3 is 15.4 Å². The van der Waals surface area contributed by atoms with Crippen LogP contribution in [0.1, 0.15) is 46.8 Å². The predicted molar refractivity (Wildman–Crippen MR) is 83.2 cm³/mol. The minimum atomic E-state index is -0.576. The molecule has 2 rings (SSSR count). The van der Waals surface area contributed by atoms with Gasteiger partial charge in [-0.05, 0) is 44.4 Å². The summed E-state index contributed by atoms with van der Waals surface area (Å²) >= 11 is 0. The van der Waals surface area contributed by atoms with E-state index in [0.29, 0.717) is 12.1 Å². The van der Waals surface area contributed by atoms with Crippen LogP contribution in [0.3, 0.4) is 0 Å². The first-order valence-corrected chi connectivity index (χ1v) is 7.17. The number of benzene rings is 1. The monoisotopic (exact) mass is 286 g/mol. The second-order valence-corrected chi connectivity index (χ2v) is 5.55. The lowest BCUT2D eigenvalue weighted by Crippen LogP contribution is -2.34. The fourth-order valence-electron chi connectivity index (χ4n) is 2.47. The number of nitrogens with one attached hydrogen (secondary N) is 2. The average molecular weight is 286 g/mol. The van der Waals surface area contributed by atoms with Gasteiger partial charge in [0, 0.05) is 11.7 Å². The fourth-order valence-corrected chi connectivity index (χ4v) is 2.47. The second kappa shape index (κ2) is 6.59. The lowest BCUT2D eigenvalue weighted by molar-refractivity contribution is 0.0912. The predicted octanol–water partition coefficient (Wildman–Crippen LogP) is 2.87. The van der Waals surface area contributed by atoms with E-state index >= 15 is 0 Å². The van der Waals surface area contributed by atoms with Gasteiger partial charge in [-0.2, -0.15) is 0 Å². The standard InChI is InChI=1S/C17H22N2O2/c1-11-9-12(2)18-16(11)17(21)19-13(3)10-15(20)14-7-5-4-6-8-14/h4-9,13,15,18,20H,10H2,1-3H3,(H,19,21). The van der Waals surface area contributed by atoms with Crippen molar-refractivity contribution in [3.63, 3.8) is 0 Å². The number of H-pyrrole nitrogens is 1. The van der Waals surface area contributed by atoms with E-state index in [1.54, 1.807) is 0 Å². The molecule has 21 heavy (non-hydrogen) atoms. The van der Waals surface area contributed by atoms with E-state index in [9.17, 15) is 9.90 Å². The quantitative estimate of drug-likeness (QED) is 0.791. The summed E-state index contributed by atoms with van der Waals surface area (Å²) in [5.41, 5.74) is 3.36. The van der Waals surface area contributed by atoms with Gasteiger partial charge in [0.25, 0.3) is 5.91 Å². The number of aromatic amines is 1. The molecular weight excluding hydrogens is 264 g/mol. The number of carbonyl (C=O) groups is 1. The van der Waals surface area contributed by atoms with E-state index in [1.165, 1.54) is 0 Å². The molecule has 0 aliphatic carbocycles. The first-order valence-electron chi connectivity index (χ1n) is 7.17. The van der Waals surface area contributed by atoms with E-state index in [0.717, 1.165) is 16.8 Å². The molecule has 1 aromatic carbocycles. The van der Waals surface area contributed by atoms with Gasteiger partial charge in [-0.25, -0.2) is 0 Å². The molecule has 0 bridgehead atoms. The minimum Gasteiger partial charge on any atom is -0.388 e. The van der Waals surface area contributed by atoms with Crippen molar-refractivity contribution < 1.29 is 9.90 Å². The van der Waals surface area contributed by atoms with Gasteiger partial charge in [0.15, 0.2) is 0 Å². The zero-order valence-electron chi connectivity index (χ0n) is 12.7. The molecule has 0 saturated carbocycles. The smallest absolute Gasteiger partial charge is 0.268 e. The zero-order chi connectivity index (χ0) is 15.4. The van der Waals surface area contributed by atoms with Crippen molar-refractivity contribution in [3.8, 4) is 0 Å². The molecule has 0 saturated heterocycles. The lowest BCUT2D eigenvalue weighted by Gasteiger charge is -2.18. The van der Waals surface area contributed by atoms with E-state index in [1.807, 2.05) is 57.2 Å². The van der Waals surface area contributed by atoms with Crippen LogP contribution in [-0.4, -0.2) is 22.0 Å². The Hall–Kier alpha value is -2.07. The number of aryl methyl sites for hydroxylation is 2. The van der Waals surface area contributed by atoms with Gasteiger partial charge >= 0.3 is 0 Å². The van der Waals surface area contributed by atoms with Crippen molar-refractivity contribution in [3.05, 3.63) is 58.9 Å². The molecule has 0 spiro atoms. The number of aliphatic hydroxyl groups is 1. The Morgan fingerprint density at radius 2 is 1.95 bits per heavy atom. The van der Waals surface area contributed by atoms with Crippen LogP contribution in [0.25, 0.3) is 0 Å². The molecule has 0 fully saturated rings. The molecule has 1 amide bonds. The third-order valence-electron chi connectivity index (χ3n) is 3.52. The molecule has 1 aromatic heterocycles. The highest BCUT2D eigenvalue weighted by atomic mass is 16.3. The Kier molecular flexibility index (Phi) is 4.81. The normalized spacial score (nSPS) is 13.7. The number of hydrogen-bond donors (Lipinski definition) is 3. The highest BCUT2D eigenvalue weighted by Crippen LogP contribution is 2.18. The molecule has 1 heterocycles. The third kappa shape index (κ3) is 3.95. The summed E-state index contributed by atoms with van der Waals surface area (Å²) in [5.74, 6) is -0.131. The Morgan fingerprint density at radius 3 is 2.52 bits per heavy atom. The van der Waals surface area contributed by atoms with Crippen molar-refractivity contribution in [1.29, 1.82) is 0 Å². The second-order valence-electron chi connectivity index (χ2n) is 5.55. The number of aliphatic hydroxyl groups excluding tert-OH is 1. The molecule has 112 valence electrons. The zero-order valence-corrected chi connectivity index (χ0v) is 12.7. The highest BCUT2D eigenvalue weighted by Gasteiger charge is 2.17. The first kappa shape index (κ1) is 15.3. The van der Waals surface area contributed by atoms with E-state index in [-0.39, 0.29) is 11.9 Å². The van der Waals surface area contributed by atoms with Crippen LogP contribution < -0.4 is 5.32 Å². The maximum Gasteiger partial charge on any atom is 0.268 e. The Bertz CT molecular complexity index is 605. The first-order chi connectivity index (χ1) is 9.97. The summed E-state index contributed by atoms with van der Waals surface area (Å²) in [5, 5.41) is 13.1. The number of hydrogen-bond acceptors (Lipinski definition) is 2. The topological polar surface area (TPSA) is 65.1 Å². The van der Waals surface area contributed by atoms with E-state index in [4.69, 9.17) is 0 Å². The van der Waals surface area contributed by atoms with E-state index in [2.05, 4.69) is 10.3 Å². The Labute approximate surface area is 125 Å². The molecular formula is C17H22N2O2. The number of aromatic nitrogens is 1. The minimum absolute atomic E-state index is 0.115. The summed E-state index contributed by atoms with van der Waals surface area (Å²) in [7, 11) is 0. The van der Waals surface area contributed by atoms with Crippen LogP contribution in [0.5, 0.6) is 0 Å². The van der Waals surface area contributed by atoms with Crippen LogP contribution in [-0.2, 0) is 0 Å². The molecule has 2 atom stereocenters. The number of rotatable bonds is 5. The van der Waals surface area contributed by atoms with Crippen molar-refractivity contribution >= 4 is 5.91 Å². The highest BCUT2D eigenvalue weighted by molar-refractivity contribution is 5.94. The van der Waals surface area contributed by atoms with Crippen molar-refractivity contribution in [1.82, 2.24) is 10.3 Å². The van der Waals surface area contributed by atoms with Gasteiger partial charge in [-0.15, -0.1) is 0 Å². The van der Waals surface area contributed by atoms with Crippen LogP contribution >= 0.6 is 0 Å². The van der Waals surface area contributed by atoms with Crippen LogP contribution in [0.2, 0.25) is 0 Å². The van der Waals surface area contributed by atoms with Crippen molar-refractivity contribution in [2.75, 3.05) is 0 Å². The number of amides is 1. The lowest BCUT2D eigenvalue weighted by atomic mass is 10.0. The van der Waals surface area contributed by atoms with Crippen molar-refractivity contribution in [2.24, 2.45) is 0 Å². The summed E-state index contributed by atoms with van der Waals surface area (Å²) in [6.45, 7) is 5.73. The van der Waals surface area contributed by atoms with Gasteiger partial charge in [0.2, 0.25) is 0 Å². The third-order valence-corrected chi connectivity index (χ3v) is 3.52. The summed E-state index contributed by atoms with van der Waals surface area (Å²) in [4.78, 5) is 15.2. The molecule has 3 N–H and O–H groups in total. The molecule has 4 heteroatoms. The molecule has 2 aromatic rings. The van der Waals surface area contributed by atoms with Crippen molar-refractivity contribution in [2.45, 2.75) is 39.3 Å². The maximum absolute atomic E-state index is 12.2. The number of carbonyl (C=O) groups excluding carboxylic acids is 1. The summed E-state index contributed by atoms with van der Waals surface area (Å²) in [6, 6.07) is 11.3. The van der Waals surface area contributed by atoms with Gasteiger partial charge in [-0.3, -0.25) is 4.79 Å². The van der Waals surface area contributed by atoms with Crippen LogP contribution in [0.15, 0.2) is 36.4 Å².